The standard InChI is InChI=1S/C20H19N3O4/c1-25-16-8-13(9-17(11-16)26-2)19-21-20(27-22-19)14-10-18(24)23(12-14)15-6-4-3-5-7-15/h3-9,11,14H,10,12H2,1-2H3. The fourth-order valence-electron chi connectivity index (χ4n) is 3.19. The normalized spacial score (nSPS) is 16.6. The summed E-state index contributed by atoms with van der Waals surface area (Å²) in [6.07, 6.45) is 0.345. The maximum atomic E-state index is 12.4. The van der Waals surface area contributed by atoms with Crippen LogP contribution in [0.3, 0.4) is 0 Å². The number of carbonyl (C=O) groups excluding carboxylic acids is 1. The lowest BCUT2D eigenvalue weighted by molar-refractivity contribution is -0.117. The molecule has 0 radical (unpaired) electrons. The van der Waals surface area contributed by atoms with Crippen LogP contribution in [0.1, 0.15) is 18.2 Å². The van der Waals surface area contributed by atoms with E-state index >= 15 is 0 Å². The fraction of sp³-hybridized carbons (Fsp3) is 0.250. The summed E-state index contributed by atoms with van der Waals surface area (Å²) in [6, 6.07) is 15.0. The molecule has 0 spiro atoms. The molecule has 1 aliphatic heterocycles. The Labute approximate surface area is 156 Å². The van der Waals surface area contributed by atoms with Crippen molar-refractivity contribution in [3.63, 3.8) is 0 Å². The van der Waals surface area contributed by atoms with Crippen molar-refractivity contribution in [1.29, 1.82) is 0 Å². The molecule has 7 nitrogen and oxygen atoms in total. The lowest BCUT2D eigenvalue weighted by atomic mass is 10.1. The van der Waals surface area contributed by atoms with E-state index in [1.165, 1.54) is 0 Å². The van der Waals surface area contributed by atoms with E-state index < -0.39 is 0 Å². The fourth-order valence-corrected chi connectivity index (χ4v) is 3.19. The predicted molar refractivity (Wildman–Crippen MR) is 99.0 cm³/mol. The maximum absolute atomic E-state index is 12.4. The number of carbonyl (C=O) groups is 1. The number of para-hydroxylation sites is 1. The van der Waals surface area contributed by atoms with Crippen molar-refractivity contribution >= 4 is 11.6 Å². The van der Waals surface area contributed by atoms with E-state index in [1.54, 1.807) is 25.2 Å². The second-order valence-corrected chi connectivity index (χ2v) is 6.30. The molecule has 3 aromatic rings. The zero-order valence-electron chi connectivity index (χ0n) is 15.1. The van der Waals surface area contributed by atoms with E-state index in [4.69, 9.17) is 14.0 Å². The van der Waals surface area contributed by atoms with Gasteiger partial charge in [0, 0.05) is 30.3 Å². The smallest absolute Gasteiger partial charge is 0.232 e. The first-order chi connectivity index (χ1) is 13.2. The van der Waals surface area contributed by atoms with E-state index in [0.29, 0.717) is 36.2 Å². The third-order valence-electron chi connectivity index (χ3n) is 4.59. The zero-order chi connectivity index (χ0) is 18.8. The molecule has 0 N–H and O–H groups in total. The molecule has 2 aromatic carbocycles. The molecule has 1 fully saturated rings. The molecule has 1 amide bonds. The van der Waals surface area contributed by atoms with Gasteiger partial charge in [-0.1, -0.05) is 23.4 Å². The molecule has 138 valence electrons. The van der Waals surface area contributed by atoms with E-state index in [9.17, 15) is 4.79 Å². The van der Waals surface area contributed by atoms with Crippen molar-refractivity contribution in [3.8, 4) is 22.9 Å². The van der Waals surface area contributed by atoms with Crippen LogP contribution in [0.25, 0.3) is 11.4 Å². The molecule has 1 aromatic heterocycles. The molecule has 1 unspecified atom stereocenters. The molecule has 0 saturated carbocycles. The number of rotatable bonds is 5. The van der Waals surface area contributed by atoms with Gasteiger partial charge in [-0.2, -0.15) is 4.98 Å². The van der Waals surface area contributed by atoms with E-state index in [-0.39, 0.29) is 11.8 Å². The van der Waals surface area contributed by atoms with Gasteiger partial charge in [0.15, 0.2) is 0 Å². The first kappa shape index (κ1) is 17.1. The van der Waals surface area contributed by atoms with Crippen LogP contribution < -0.4 is 14.4 Å². The second-order valence-electron chi connectivity index (χ2n) is 6.30. The molecule has 1 saturated heterocycles. The number of hydrogen-bond donors (Lipinski definition) is 0. The van der Waals surface area contributed by atoms with Gasteiger partial charge in [-0.25, -0.2) is 0 Å². The first-order valence-electron chi connectivity index (χ1n) is 8.60. The highest BCUT2D eigenvalue weighted by atomic mass is 16.5. The number of amides is 1. The van der Waals surface area contributed by atoms with Crippen LogP contribution in [0.5, 0.6) is 11.5 Å². The van der Waals surface area contributed by atoms with Crippen LogP contribution in [0.2, 0.25) is 0 Å². The summed E-state index contributed by atoms with van der Waals surface area (Å²) in [4.78, 5) is 18.7. The average molecular weight is 365 g/mol. The summed E-state index contributed by atoms with van der Waals surface area (Å²) in [5, 5.41) is 4.08. The minimum Gasteiger partial charge on any atom is -0.497 e. The third-order valence-corrected chi connectivity index (χ3v) is 4.59. The highest BCUT2D eigenvalue weighted by Gasteiger charge is 2.35. The highest BCUT2D eigenvalue weighted by Crippen LogP contribution is 2.33. The molecule has 27 heavy (non-hydrogen) atoms. The van der Waals surface area contributed by atoms with Crippen molar-refractivity contribution in [1.82, 2.24) is 10.1 Å². The van der Waals surface area contributed by atoms with Gasteiger partial charge in [-0.05, 0) is 24.3 Å². The van der Waals surface area contributed by atoms with Gasteiger partial charge in [-0.3, -0.25) is 4.79 Å². The Bertz CT molecular complexity index is 933. The average Bonchev–Trinajstić information content (AvgIpc) is 3.35. The second kappa shape index (κ2) is 7.11. The van der Waals surface area contributed by atoms with Crippen molar-refractivity contribution in [2.75, 3.05) is 25.7 Å². The number of anilines is 1. The van der Waals surface area contributed by atoms with Gasteiger partial charge in [0.25, 0.3) is 0 Å². The molecule has 2 heterocycles. The van der Waals surface area contributed by atoms with Gasteiger partial charge < -0.3 is 18.9 Å². The number of hydrogen-bond acceptors (Lipinski definition) is 6. The van der Waals surface area contributed by atoms with Gasteiger partial charge in [0.2, 0.25) is 17.6 Å². The quantitative estimate of drug-likeness (QED) is 0.691. The highest BCUT2D eigenvalue weighted by molar-refractivity contribution is 5.96. The Hall–Kier alpha value is -3.35. The van der Waals surface area contributed by atoms with Gasteiger partial charge in [0.1, 0.15) is 11.5 Å². The summed E-state index contributed by atoms with van der Waals surface area (Å²) in [5.74, 6) is 2.09. The summed E-state index contributed by atoms with van der Waals surface area (Å²) in [7, 11) is 3.17. The Morgan fingerprint density at radius 1 is 1.07 bits per heavy atom. The van der Waals surface area contributed by atoms with Crippen LogP contribution in [-0.2, 0) is 4.79 Å². The third kappa shape index (κ3) is 3.36. The maximum Gasteiger partial charge on any atom is 0.232 e. The van der Waals surface area contributed by atoms with E-state index in [2.05, 4.69) is 10.1 Å². The lowest BCUT2D eigenvalue weighted by Crippen LogP contribution is -2.24. The van der Waals surface area contributed by atoms with Crippen LogP contribution in [-0.4, -0.2) is 36.8 Å². The Morgan fingerprint density at radius 3 is 2.44 bits per heavy atom. The van der Waals surface area contributed by atoms with Gasteiger partial charge >= 0.3 is 0 Å². The Kier molecular flexibility index (Phi) is 4.50. The molecule has 0 bridgehead atoms. The van der Waals surface area contributed by atoms with Crippen LogP contribution in [0.15, 0.2) is 53.1 Å². The Morgan fingerprint density at radius 2 is 1.78 bits per heavy atom. The van der Waals surface area contributed by atoms with Crippen LogP contribution in [0, 0.1) is 0 Å². The SMILES string of the molecule is COc1cc(OC)cc(-c2noc(C3CC(=O)N(c4ccccc4)C3)n2)c1. The summed E-state index contributed by atoms with van der Waals surface area (Å²) in [5.41, 5.74) is 1.60. The molecule has 0 aliphatic carbocycles. The number of methoxy groups -OCH3 is 2. The number of aromatic nitrogens is 2. The number of ether oxygens (including phenoxy) is 2. The van der Waals surface area contributed by atoms with Gasteiger partial charge in [0.05, 0.1) is 20.1 Å². The summed E-state index contributed by atoms with van der Waals surface area (Å²) in [6.45, 7) is 0.520. The summed E-state index contributed by atoms with van der Waals surface area (Å²) >= 11 is 0. The molecule has 7 heteroatoms. The minimum absolute atomic E-state index is 0.0500. The van der Waals surface area contributed by atoms with Gasteiger partial charge in [-0.15, -0.1) is 0 Å². The number of benzene rings is 2. The largest absolute Gasteiger partial charge is 0.497 e. The lowest BCUT2D eigenvalue weighted by Gasteiger charge is -2.15. The first-order valence-corrected chi connectivity index (χ1v) is 8.60. The molecular formula is C20H19N3O4. The van der Waals surface area contributed by atoms with Crippen LogP contribution in [0.4, 0.5) is 5.69 Å². The van der Waals surface area contributed by atoms with Crippen molar-refractivity contribution in [2.24, 2.45) is 0 Å². The van der Waals surface area contributed by atoms with Crippen molar-refractivity contribution in [2.45, 2.75) is 12.3 Å². The minimum atomic E-state index is -0.133. The molecular weight excluding hydrogens is 346 g/mol. The summed E-state index contributed by atoms with van der Waals surface area (Å²) < 4.78 is 16.0. The van der Waals surface area contributed by atoms with E-state index in [0.717, 1.165) is 11.3 Å². The Balaban J connectivity index is 1.58. The zero-order valence-corrected chi connectivity index (χ0v) is 15.1. The molecule has 4 rings (SSSR count). The number of nitrogens with zero attached hydrogens (tertiary/aromatic N) is 3. The van der Waals surface area contributed by atoms with E-state index in [1.807, 2.05) is 42.5 Å². The van der Waals surface area contributed by atoms with Crippen molar-refractivity contribution in [3.05, 3.63) is 54.4 Å². The monoisotopic (exact) mass is 365 g/mol. The van der Waals surface area contributed by atoms with Crippen molar-refractivity contribution < 1.29 is 18.8 Å². The topological polar surface area (TPSA) is 77.7 Å². The molecule has 1 aliphatic rings. The van der Waals surface area contributed by atoms with Crippen LogP contribution >= 0.6 is 0 Å². The molecule has 1 atom stereocenters. The predicted octanol–water partition coefficient (Wildman–Crippen LogP) is 3.27.